The summed E-state index contributed by atoms with van der Waals surface area (Å²) in [4.78, 5) is 0. The molecule has 0 aromatic rings. The molecule has 1 aliphatic heterocycles. The van der Waals surface area contributed by atoms with Crippen molar-refractivity contribution in [2.24, 2.45) is 5.73 Å². The average Bonchev–Trinajstić information content (AvgIpc) is 2.20. The molecule has 1 saturated heterocycles. The maximum atomic E-state index is 5.99. The molecule has 0 amide bonds. The van der Waals surface area contributed by atoms with Crippen LogP contribution in [-0.2, 0) is 0 Å². The molecule has 0 spiro atoms. The van der Waals surface area contributed by atoms with Crippen LogP contribution >= 0.6 is 0 Å². The van der Waals surface area contributed by atoms with Crippen LogP contribution in [0, 0.1) is 0 Å². The zero-order valence-electron chi connectivity index (χ0n) is 9.02. The van der Waals surface area contributed by atoms with Crippen LogP contribution in [0.3, 0.4) is 0 Å². The number of hydrogen-bond acceptors (Lipinski definition) is 4. The molecule has 0 bridgehead atoms. The molecule has 4 heteroatoms. The van der Waals surface area contributed by atoms with Crippen LogP contribution in [0.25, 0.3) is 0 Å². The highest BCUT2D eigenvalue weighted by molar-refractivity contribution is 4.62. The maximum absolute atomic E-state index is 5.99. The molecule has 0 aromatic heterocycles. The van der Waals surface area contributed by atoms with E-state index in [1.54, 1.807) is 0 Å². The predicted molar refractivity (Wildman–Crippen MR) is 59.4 cm³/mol. The van der Waals surface area contributed by atoms with Crippen LogP contribution in [0.5, 0.6) is 0 Å². The lowest BCUT2D eigenvalue weighted by Gasteiger charge is -2.10. The van der Waals surface area contributed by atoms with Gasteiger partial charge in [-0.25, -0.2) is 10.9 Å². The summed E-state index contributed by atoms with van der Waals surface area (Å²) in [5.41, 5.74) is 15.3. The number of hydrazine groups is 2. The number of hydrogen-bond donors (Lipinski definition) is 4. The van der Waals surface area contributed by atoms with Gasteiger partial charge in [0, 0.05) is 19.1 Å². The molecular formula is C10H24N4. The zero-order valence-corrected chi connectivity index (χ0v) is 9.02. The molecule has 0 saturated carbocycles. The van der Waals surface area contributed by atoms with E-state index < -0.39 is 0 Å². The summed E-state index contributed by atoms with van der Waals surface area (Å²) in [6.45, 7) is 2.03. The summed E-state index contributed by atoms with van der Waals surface area (Å²) in [5.74, 6) is 0. The van der Waals surface area contributed by atoms with Gasteiger partial charge in [0.05, 0.1) is 0 Å². The molecule has 0 aliphatic carbocycles. The van der Waals surface area contributed by atoms with Crippen LogP contribution in [-0.4, -0.2) is 19.1 Å². The number of nitrogens with one attached hydrogen (secondary N) is 3. The fourth-order valence-electron chi connectivity index (χ4n) is 1.76. The molecule has 4 nitrogen and oxygen atoms in total. The Morgan fingerprint density at radius 2 is 1.43 bits per heavy atom. The van der Waals surface area contributed by atoms with E-state index in [4.69, 9.17) is 5.73 Å². The second-order valence-corrected chi connectivity index (χ2v) is 4.08. The summed E-state index contributed by atoms with van der Waals surface area (Å²) >= 11 is 0. The Bertz CT molecular complexity index is 115. The van der Waals surface area contributed by atoms with Gasteiger partial charge in [-0.3, -0.25) is 0 Å². The summed E-state index contributed by atoms with van der Waals surface area (Å²) < 4.78 is 0. The van der Waals surface area contributed by atoms with E-state index in [1.165, 1.54) is 32.1 Å². The van der Waals surface area contributed by atoms with Crippen molar-refractivity contribution < 1.29 is 0 Å². The highest BCUT2D eigenvalue weighted by atomic mass is 15.6. The lowest BCUT2D eigenvalue weighted by molar-refractivity contribution is 0.417. The molecule has 1 rings (SSSR count). The highest BCUT2D eigenvalue weighted by Crippen LogP contribution is 2.07. The van der Waals surface area contributed by atoms with Crippen LogP contribution in [0.4, 0.5) is 0 Å². The average molecular weight is 200 g/mol. The molecule has 5 N–H and O–H groups in total. The summed E-state index contributed by atoms with van der Waals surface area (Å²) in [5, 5.41) is 0. The Labute approximate surface area is 86.9 Å². The minimum atomic E-state index is 0.408. The Morgan fingerprint density at radius 1 is 0.786 bits per heavy atom. The maximum Gasteiger partial charge on any atom is 0.0114 e. The van der Waals surface area contributed by atoms with Gasteiger partial charge in [0.1, 0.15) is 0 Å². The van der Waals surface area contributed by atoms with E-state index in [0.29, 0.717) is 6.04 Å². The van der Waals surface area contributed by atoms with E-state index in [-0.39, 0.29) is 0 Å². The van der Waals surface area contributed by atoms with Crippen LogP contribution in [0.1, 0.15) is 44.9 Å². The van der Waals surface area contributed by atoms with Gasteiger partial charge >= 0.3 is 0 Å². The first-order valence-electron chi connectivity index (χ1n) is 5.86. The van der Waals surface area contributed by atoms with Crippen LogP contribution < -0.4 is 22.1 Å². The van der Waals surface area contributed by atoms with Gasteiger partial charge in [-0.1, -0.05) is 19.3 Å². The van der Waals surface area contributed by atoms with Crippen LogP contribution in [0.2, 0.25) is 0 Å². The van der Waals surface area contributed by atoms with Gasteiger partial charge in [-0.2, -0.15) is 5.53 Å². The van der Waals surface area contributed by atoms with E-state index in [2.05, 4.69) is 16.4 Å². The summed E-state index contributed by atoms with van der Waals surface area (Å²) in [7, 11) is 0. The van der Waals surface area contributed by atoms with Crippen molar-refractivity contribution in [1.82, 2.24) is 16.4 Å². The first-order chi connectivity index (χ1) is 6.89. The van der Waals surface area contributed by atoms with Crippen molar-refractivity contribution in [2.45, 2.75) is 51.0 Å². The molecule has 14 heavy (non-hydrogen) atoms. The van der Waals surface area contributed by atoms with Gasteiger partial charge in [0.15, 0.2) is 0 Å². The van der Waals surface area contributed by atoms with E-state index in [0.717, 1.165) is 25.9 Å². The summed E-state index contributed by atoms with van der Waals surface area (Å²) in [6.07, 6.45) is 8.64. The van der Waals surface area contributed by atoms with Crippen molar-refractivity contribution in [3.05, 3.63) is 0 Å². The topological polar surface area (TPSA) is 62.1 Å². The van der Waals surface area contributed by atoms with E-state index in [9.17, 15) is 0 Å². The van der Waals surface area contributed by atoms with Crippen molar-refractivity contribution in [2.75, 3.05) is 13.1 Å². The Kier molecular flexibility index (Phi) is 6.95. The van der Waals surface area contributed by atoms with Gasteiger partial charge in [-0.05, 0) is 25.7 Å². The minimum absolute atomic E-state index is 0.408. The zero-order chi connectivity index (χ0) is 10.1. The molecule has 1 atom stereocenters. The second kappa shape index (κ2) is 8.17. The first kappa shape index (κ1) is 11.9. The lowest BCUT2D eigenvalue weighted by Crippen LogP contribution is -2.44. The van der Waals surface area contributed by atoms with E-state index in [1.807, 2.05) is 0 Å². The largest absolute Gasteiger partial charge is 0.328 e. The molecule has 1 fully saturated rings. The Morgan fingerprint density at radius 3 is 2.29 bits per heavy atom. The molecule has 0 radical (unpaired) electrons. The van der Waals surface area contributed by atoms with E-state index >= 15 is 0 Å². The summed E-state index contributed by atoms with van der Waals surface area (Å²) in [6, 6.07) is 0.408. The third-order valence-electron chi connectivity index (χ3n) is 2.68. The molecular weight excluding hydrogens is 176 g/mol. The minimum Gasteiger partial charge on any atom is -0.328 e. The third-order valence-corrected chi connectivity index (χ3v) is 2.68. The van der Waals surface area contributed by atoms with Gasteiger partial charge in [0.2, 0.25) is 0 Å². The third kappa shape index (κ3) is 6.32. The highest BCUT2D eigenvalue weighted by Gasteiger charge is 2.02. The number of nitrogens with two attached hydrogens (primary N) is 1. The Hall–Kier alpha value is -0.160. The normalized spacial score (nSPS) is 28.5. The van der Waals surface area contributed by atoms with Gasteiger partial charge < -0.3 is 5.73 Å². The second-order valence-electron chi connectivity index (χ2n) is 4.08. The molecule has 1 heterocycles. The van der Waals surface area contributed by atoms with Crippen molar-refractivity contribution in [3.63, 3.8) is 0 Å². The molecule has 84 valence electrons. The molecule has 1 aliphatic rings. The monoisotopic (exact) mass is 200 g/mol. The quantitative estimate of drug-likeness (QED) is 0.464. The Balaban J connectivity index is 2.12. The lowest BCUT2D eigenvalue weighted by atomic mass is 10.0. The number of rotatable bonds is 0. The molecule has 0 aromatic carbocycles. The van der Waals surface area contributed by atoms with Crippen molar-refractivity contribution >= 4 is 0 Å². The van der Waals surface area contributed by atoms with Gasteiger partial charge in [-0.15, -0.1) is 0 Å². The predicted octanol–water partition coefficient (Wildman–Crippen LogP) is 0.657. The van der Waals surface area contributed by atoms with Crippen LogP contribution in [0.15, 0.2) is 0 Å². The first-order valence-corrected chi connectivity index (χ1v) is 5.86. The SMILES string of the molecule is NC1CCCCCCNNNCCC1. The van der Waals surface area contributed by atoms with Crippen molar-refractivity contribution in [3.8, 4) is 0 Å². The fourth-order valence-corrected chi connectivity index (χ4v) is 1.76. The van der Waals surface area contributed by atoms with Crippen molar-refractivity contribution in [1.29, 1.82) is 0 Å². The van der Waals surface area contributed by atoms with Gasteiger partial charge in [0.25, 0.3) is 0 Å². The standard InChI is InChI=1S/C10H24N4/c11-10-6-3-1-2-4-8-12-14-13-9-5-7-10/h10,12-14H,1-9,11H2. The smallest absolute Gasteiger partial charge is 0.0114 e. The molecule has 1 unspecified atom stereocenters. The fraction of sp³-hybridized carbons (Fsp3) is 1.00.